The van der Waals surface area contributed by atoms with Gasteiger partial charge in [0, 0.05) is 43.1 Å². The van der Waals surface area contributed by atoms with Gasteiger partial charge in [-0.25, -0.2) is 4.98 Å². The molecule has 1 saturated heterocycles. The number of piperidine rings is 1. The molecule has 3 atom stereocenters. The number of hydrogen-bond donors (Lipinski definition) is 2. The summed E-state index contributed by atoms with van der Waals surface area (Å²) in [5.74, 6) is 0.894. The Bertz CT molecular complexity index is 1120. The molecule has 3 aromatic rings. The maximum atomic E-state index is 13.0. The van der Waals surface area contributed by atoms with Gasteiger partial charge in [-0.15, -0.1) is 0 Å². The molecule has 0 spiro atoms. The van der Waals surface area contributed by atoms with Crippen molar-refractivity contribution >= 4 is 11.5 Å². The van der Waals surface area contributed by atoms with Gasteiger partial charge in [0.15, 0.2) is 0 Å². The van der Waals surface area contributed by atoms with E-state index < -0.39 is 11.7 Å². The molecule has 3 unspecified atom stereocenters. The monoisotopic (exact) mass is 494 g/mol. The van der Waals surface area contributed by atoms with Gasteiger partial charge in [-0.1, -0.05) is 43.2 Å². The quantitative estimate of drug-likeness (QED) is 0.398. The van der Waals surface area contributed by atoms with Crippen LogP contribution in [0.3, 0.4) is 0 Å². The van der Waals surface area contributed by atoms with Crippen molar-refractivity contribution in [2.45, 2.75) is 62.8 Å². The summed E-state index contributed by atoms with van der Waals surface area (Å²) in [4.78, 5) is 6.79. The van der Waals surface area contributed by atoms with E-state index in [0.717, 1.165) is 55.8 Å². The molecule has 1 aliphatic carbocycles. The van der Waals surface area contributed by atoms with Gasteiger partial charge in [-0.3, -0.25) is 0 Å². The highest BCUT2D eigenvalue weighted by Gasteiger charge is 2.31. The number of anilines is 2. The largest absolute Gasteiger partial charge is 0.416 e. The molecule has 0 amide bonds. The highest BCUT2D eigenvalue weighted by molar-refractivity contribution is 5.66. The molecular formula is C29H33F3N4. The maximum Gasteiger partial charge on any atom is 0.416 e. The number of halogens is 3. The first-order valence-corrected chi connectivity index (χ1v) is 12.9. The predicted octanol–water partition coefficient (Wildman–Crippen LogP) is 6.75. The minimum atomic E-state index is -4.30. The zero-order valence-corrected chi connectivity index (χ0v) is 20.3. The lowest BCUT2D eigenvalue weighted by molar-refractivity contribution is -0.137. The van der Waals surface area contributed by atoms with E-state index in [9.17, 15) is 13.2 Å². The van der Waals surface area contributed by atoms with E-state index >= 15 is 0 Å². The smallest absolute Gasteiger partial charge is 0.370 e. The van der Waals surface area contributed by atoms with E-state index in [4.69, 9.17) is 0 Å². The fourth-order valence-electron chi connectivity index (χ4n) is 5.52. The van der Waals surface area contributed by atoms with Crippen molar-refractivity contribution in [1.82, 2.24) is 10.3 Å². The Balaban J connectivity index is 1.23. The molecule has 1 saturated carbocycles. The third kappa shape index (κ3) is 6.01. The number of aromatic nitrogens is 1. The first-order valence-electron chi connectivity index (χ1n) is 12.9. The number of pyridine rings is 1. The summed E-state index contributed by atoms with van der Waals surface area (Å²) in [7, 11) is 0. The second-order valence-corrected chi connectivity index (χ2v) is 9.93. The third-order valence-electron chi connectivity index (χ3n) is 7.40. The van der Waals surface area contributed by atoms with E-state index in [1.54, 1.807) is 12.1 Å². The van der Waals surface area contributed by atoms with Crippen LogP contribution >= 0.6 is 0 Å². The van der Waals surface area contributed by atoms with Gasteiger partial charge >= 0.3 is 6.18 Å². The zero-order chi connectivity index (χ0) is 25.0. The highest BCUT2D eigenvalue weighted by Crippen LogP contribution is 2.31. The summed E-state index contributed by atoms with van der Waals surface area (Å²) in [6.07, 6.45) is 4.23. The van der Waals surface area contributed by atoms with Crippen LogP contribution in [0.5, 0.6) is 0 Å². The lowest BCUT2D eigenvalue weighted by Crippen LogP contribution is -2.55. The Morgan fingerprint density at radius 1 is 0.806 bits per heavy atom. The van der Waals surface area contributed by atoms with Gasteiger partial charge in [0.25, 0.3) is 0 Å². The summed E-state index contributed by atoms with van der Waals surface area (Å²) in [6.45, 7) is 1.67. The van der Waals surface area contributed by atoms with Gasteiger partial charge in [0.2, 0.25) is 0 Å². The Labute approximate surface area is 210 Å². The van der Waals surface area contributed by atoms with Crippen molar-refractivity contribution < 1.29 is 13.2 Å². The molecule has 2 heterocycles. The van der Waals surface area contributed by atoms with Crippen LogP contribution < -0.4 is 15.5 Å². The van der Waals surface area contributed by atoms with Gasteiger partial charge < -0.3 is 15.5 Å². The van der Waals surface area contributed by atoms with Crippen molar-refractivity contribution in [3.05, 3.63) is 78.5 Å². The number of hydrogen-bond acceptors (Lipinski definition) is 4. The number of rotatable bonds is 6. The molecule has 1 aromatic heterocycles. The van der Waals surface area contributed by atoms with Gasteiger partial charge in [0.1, 0.15) is 5.82 Å². The van der Waals surface area contributed by atoms with Gasteiger partial charge in [0.05, 0.1) is 5.56 Å². The molecule has 0 bridgehead atoms. The lowest BCUT2D eigenvalue weighted by Gasteiger charge is -2.40. The molecular weight excluding hydrogens is 461 g/mol. The second kappa shape index (κ2) is 10.9. The van der Waals surface area contributed by atoms with Gasteiger partial charge in [-0.05, 0) is 73.2 Å². The van der Waals surface area contributed by atoms with Crippen molar-refractivity contribution in [3.63, 3.8) is 0 Å². The molecule has 1 aliphatic heterocycles. The Kier molecular flexibility index (Phi) is 7.46. The van der Waals surface area contributed by atoms with Crippen molar-refractivity contribution in [2.75, 3.05) is 23.3 Å². The average Bonchev–Trinajstić information content (AvgIpc) is 2.90. The Hall–Kier alpha value is -3.06. The Morgan fingerprint density at radius 2 is 1.56 bits per heavy atom. The zero-order valence-electron chi connectivity index (χ0n) is 20.3. The maximum absolute atomic E-state index is 13.0. The van der Waals surface area contributed by atoms with Crippen LogP contribution in [0.25, 0.3) is 11.1 Å². The van der Waals surface area contributed by atoms with E-state index in [1.165, 1.54) is 30.5 Å². The number of benzene rings is 2. The van der Waals surface area contributed by atoms with Crippen molar-refractivity contribution in [3.8, 4) is 11.1 Å². The number of nitrogens with zero attached hydrogens (tertiary/aromatic N) is 2. The predicted molar refractivity (Wildman–Crippen MR) is 139 cm³/mol. The number of nitrogens with one attached hydrogen (secondary N) is 2. The summed E-state index contributed by atoms with van der Waals surface area (Å²) < 4.78 is 38.9. The minimum absolute atomic E-state index is 0.290. The molecule has 4 nitrogen and oxygen atoms in total. The van der Waals surface area contributed by atoms with Crippen molar-refractivity contribution in [1.29, 1.82) is 0 Å². The lowest BCUT2D eigenvalue weighted by atomic mass is 9.89. The fourth-order valence-corrected chi connectivity index (χ4v) is 5.52. The van der Waals surface area contributed by atoms with Crippen molar-refractivity contribution in [2.24, 2.45) is 0 Å². The van der Waals surface area contributed by atoms with Crippen LogP contribution in [0.15, 0.2) is 72.9 Å². The minimum Gasteiger partial charge on any atom is -0.370 e. The number of alkyl halides is 3. The molecule has 2 aromatic carbocycles. The normalized spacial score (nSPS) is 22.9. The summed E-state index contributed by atoms with van der Waals surface area (Å²) in [6, 6.07) is 21.0. The van der Waals surface area contributed by atoms with Crippen LogP contribution in [0.2, 0.25) is 0 Å². The highest BCUT2D eigenvalue weighted by atomic mass is 19.4. The van der Waals surface area contributed by atoms with Crippen LogP contribution in [0.1, 0.15) is 44.1 Å². The first-order chi connectivity index (χ1) is 17.5. The molecule has 2 N–H and O–H groups in total. The molecule has 36 heavy (non-hydrogen) atoms. The van der Waals surface area contributed by atoms with Gasteiger partial charge in [-0.2, -0.15) is 13.2 Å². The topological polar surface area (TPSA) is 40.2 Å². The molecule has 2 fully saturated rings. The summed E-state index contributed by atoms with van der Waals surface area (Å²) in [5.41, 5.74) is 2.58. The van der Waals surface area contributed by atoms with E-state index in [2.05, 4.69) is 38.7 Å². The second-order valence-electron chi connectivity index (χ2n) is 9.93. The van der Waals surface area contributed by atoms with Crippen LogP contribution in [-0.2, 0) is 6.18 Å². The molecule has 190 valence electrons. The molecule has 7 heteroatoms. The fraction of sp³-hybridized carbons (Fsp3) is 0.414. The average molecular weight is 495 g/mol. The summed E-state index contributed by atoms with van der Waals surface area (Å²) in [5, 5.41) is 7.60. The Morgan fingerprint density at radius 3 is 2.31 bits per heavy atom. The summed E-state index contributed by atoms with van der Waals surface area (Å²) >= 11 is 0. The third-order valence-corrected chi connectivity index (χ3v) is 7.40. The standard InChI is InChI=1S/C29H33F3N4/c30-29(31,32)23-12-14-25(15-13-23)36-18-6-9-24(20-36)34-26-10-4-5-11-27(26)35-28-19-22(16-17-33-28)21-7-2-1-3-8-21/h1-3,7-8,12-17,19,24,26-27,34H,4-6,9-11,18,20H2,(H,33,35). The SMILES string of the molecule is FC(F)(F)c1ccc(N2CCCC(NC3CCCCC3Nc3cc(-c4ccccc4)ccn3)C2)cc1. The van der Waals surface area contributed by atoms with E-state index in [1.807, 2.05) is 30.5 Å². The first kappa shape index (κ1) is 24.6. The molecule has 0 radical (unpaired) electrons. The van der Waals surface area contributed by atoms with E-state index in [0.29, 0.717) is 18.1 Å². The van der Waals surface area contributed by atoms with Crippen LogP contribution in [0, 0.1) is 0 Å². The molecule has 5 rings (SSSR count). The van der Waals surface area contributed by atoms with Crippen LogP contribution in [0.4, 0.5) is 24.7 Å². The van der Waals surface area contributed by atoms with Crippen LogP contribution in [-0.4, -0.2) is 36.2 Å². The van der Waals surface area contributed by atoms with E-state index in [-0.39, 0.29) is 0 Å². The molecule has 2 aliphatic rings.